The van der Waals surface area contributed by atoms with Crippen LogP contribution in [0.15, 0.2) is 24.3 Å². The molecule has 0 aromatic rings. The maximum absolute atomic E-state index is 9.55. The minimum absolute atomic E-state index is 0. The highest BCUT2D eigenvalue weighted by molar-refractivity contribution is 5.90. The molecule has 0 aromatic carbocycles. The van der Waals surface area contributed by atoms with Crippen molar-refractivity contribution in [3.63, 3.8) is 0 Å². The predicted octanol–water partition coefficient (Wildman–Crippen LogP) is -0.414. The van der Waals surface area contributed by atoms with E-state index in [-0.39, 0.29) is 6.15 Å². The SMILES string of the molecule is N.O=C(O)C=CC(=O)O.O=C(O)C=CC(=O)O. The molecule has 7 N–H and O–H groups in total. The van der Waals surface area contributed by atoms with Crippen LogP contribution in [0, 0.1) is 0 Å². The molecule has 0 rings (SSSR count). The van der Waals surface area contributed by atoms with E-state index in [1.807, 2.05) is 0 Å². The van der Waals surface area contributed by atoms with E-state index in [4.69, 9.17) is 20.4 Å². The highest BCUT2D eigenvalue weighted by Gasteiger charge is 1.88. The van der Waals surface area contributed by atoms with E-state index in [1.54, 1.807) is 0 Å². The van der Waals surface area contributed by atoms with Gasteiger partial charge in [0.05, 0.1) is 0 Å². The molecule has 0 radical (unpaired) electrons. The van der Waals surface area contributed by atoms with E-state index in [0.717, 1.165) is 0 Å². The maximum atomic E-state index is 9.55. The van der Waals surface area contributed by atoms with Gasteiger partial charge in [0.2, 0.25) is 0 Å². The second-order valence-electron chi connectivity index (χ2n) is 2.02. The van der Waals surface area contributed by atoms with Crippen LogP contribution in [0.4, 0.5) is 0 Å². The summed E-state index contributed by atoms with van der Waals surface area (Å²) in [7, 11) is 0. The van der Waals surface area contributed by atoms with E-state index in [1.165, 1.54) is 0 Å². The Morgan fingerprint density at radius 2 is 0.647 bits per heavy atom. The second-order valence-corrected chi connectivity index (χ2v) is 2.02. The third-order valence-corrected chi connectivity index (χ3v) is 0.737. The van der Waals surface area contributed by atoms with Gasteiger partial charge in [-0.05, 0) is 0 Å². The minimum atomic E-state index is -1.26. The third kappa shape index (κ3) is 31.9. The summed E-state index contributed by atoms with van der Waals surface area (Å²) in [6, 6.07) is 0. The number of rotatable bonds is 4. The first-order valence-electron chi connectivity index (χ1n) is 3.53. The van der Waals surface area contributed by atoms with Gasteiger partial charge in [-0.25, -0.2) is 19.2 Å². The predicted molar refractivity (Wildman–Crippen MR) is 53.8 cm³/mol. The maximum Gasteiger partial charge on any atom is 0.328 e. The number of carboxylic acid groups (broad SMARTS) is 4. The molecule has 0 fully saturated rings. The Kier molecular flexibility index (Phi) is 13.3. The molecule has 17 heavy (non-hydrogen) atoms. The van der Waals surface area contributed by atoms with Crippen LogP contribution in [0.5, 0.6) is 0 Å². The van der Waals surface area contributed by atoms with Crippen molar-refractivity contribution in [1.29, 1.82) is 0 Å². The van der Waals surface area contributed by atoms with Crippen molar-refractivity contribution in [3.05, 3.63) is 24.3 Å². The van der Waals surface area contributed by atoms with Gasteiger partial charge in [-0.3, -0.25) is 0 Å². The van der Waals surface area contributed by atoms with Crippen LogP contribution in [0.1, 0.15) is 0 Å². The Balaban J connectivity index is -0.000000218. The lowest BCUT2D eigenvalue weighted by Gasteiger charge is -1.74. The average molecular weight is 249 g/mol. The molecule has 0 aromatic heterocycles. The molecule has 0 spiro atoms. The zero-order valence-electron chi connectivity index (χ0n) is 8.44. The molecular weight excluding hydrogens is 238 g/mol. The summed E-state index contributed by atoms with van der Waals surface area (Å²) in [4.78, 5) is 38.2. The number of carboxylic acids is 4. The van der Waals surface area contributed by atoms with Crippen LogP contribution in [-0.2, 0) is 19.2 Å². The monoisotopic (exact) mass is 249 g/mol. The summed E-state index contributed by atoms with van der Waals surface area (Å²) in [6.07, 6.45) is 2.23. The van der Waals surface area contributed by atoms with Gasteiger partial charge in [0.25, 0.3) is 0 Å². The topological polar surface area (TPSA) is 184 Å². The van der Waals surface area contributed by atoms with Crippen molar-refractivity contribution in [2.24, 2.45) is 0 Å². The van der Waals surface area contributed by atoms with Crippen LogP contribution in [0.3, 0.4) is 0 Å². The molecule has 0 aliphatic heterocycles. The average Bonchev–Trinajstić information content (AvgIpc) is 2.12. The quantitative estimate of drug-likeness (QED) is 0.412. The Morgan fingerprint density at radius 3 is 0.706 bits per heavy atom. The fourth-order valence-corrected chi connectivity index (χ4v) is 0.285. The van der Waals surface area contributed by atoms with Crippen molar-refractivity contribution in [1.82, 2.24) is 6.15 Å². The highest BCUT2D eigenvalue weighted by Crippen LogP contribution is 1.71. The molecule has 0 saturated heterocycles. The molecule has 0 aliphatic rings. The van der Waals surface area contributed by atoms with Crippen LogP contribution in [0.25, 0.3) is 0 Å². The van der Waals surface area contributed by atoms with Crippen molar-refractivity contribution in [2.75, 3.05) is 0 Å². The van der Waals surface area contributed by atoms with Gasteiger partial charge in [-0.2, -0.15) is 0 Å². The normalized spacial score (nSPS) is 8.94. The Bertz CT molecular complexity index is 277. The van der Waals surface area contributed by atoms with Gasteiger partial charge < -0.3 is 26.6 Å². The van der Waals surface area contributed by atoms with E-state index >= 15 is 0 Å². The van der Waals surface area contributed by atoms with Crippen molar-refractivity contribution < 1.29 is 39.6 Å². The lowest BCUT2D eigenvalue weighted by atomic mass is 10.5. The van der Waals surface area contributed by atoms with Crippen LogP contribution < -0.4 is 6.15 Å². The first-order valence-corrected chi connectivity index (χ1v) is 3.53. The van der Waals surface area contributed by atoms with Crippen molar-refractivity contribution in [3.8, 4) is 0 Å². The van der Waals surface area contributed by atoms with Crippen LogP contribution in [-0.4, -0.2) is 44.3 Å². The second kappa shape index (κ2) is 11.4. The molecule has 0 unspecified atom stereocenters. The van der Waals surface area contributed by atoms with Gasteiger partial charge in [0.15, 0.2) is 0 Å². The summed E-state index contributed by atoms with van der Waals surface area (Å²) in [6.45, 7) is 0. The molecule has 0 heterocycles. The minimum Gasteiger partial charge on any atom is -0.478 e. The summed E-state index contributed by atoms with van der Waals surface area (Å²) >= 11 is 0. The molecule has 0 aliphatic carbocycles. The van der Waals surface area contributed by atoms with Gasteiger partial charge in [0, 0.05) is 24.3 Å². The number of aliphatic carboxylic acids is 4. The zero-order valence-corrected chi connectivity index (χ0v) is 8.44. The van der Waals surface area contributed by atoms with Crippen molar-refractivity contribution >= 4 is 23.9 Å². The standard InChI is InChI=1S/2C4H4O4.H3N/c2*5-3(6)1-2-4(7)8;/h2*1-2H,(H,5,6)(H,7,8);1H3. The molecule has 0 saturated carbocycles. The Morgan fingerprint density at radius 1 is 0.529 bits per heavy atom. The molecular formula is C8H11NO8. The molecule has 9 nitrogen and oxygen atoms in total. The van der Waals surface area contributed by atoms with E-state index < -0.39 is 23.9 Å². The summed E-state index contributed by atoms with van der Waals surface area (Å²) < 4.78 is 0. The van der Waals surface area contributed by atoms with Gasteiger partial charge >= 0.3 is 23.9 Å². The van der Waals surface area contributed by atoms with Crippen LogP contribution >= 0.6 is 0 Å². The lowest BCUT2D eigenvalue weighted by molar-refractivity contribution is -0.134. The molecule has 0 amide bonds. The number of hydrogen-bond donors (Lipinski definition) is 5. The molecule has 0 atom stereocenters. The highest BCUT2D eigenvalue weighted by atomic mass is 16.4. The van der Waals surface area contributed by atoms with Gasteiger partial charge in [0.1, 0.15) is 0 Å². The first kappa shape index (κ1) is 19.8. The number of carbonyl (C=O) groups is 4. The first-order chi connectivity index (χ1) is 7.25. The largest absolute Gasteiger partial charge is 0.478 e. The van der Waals surface area contributed by atoms with Gasteiger partial charge in [-0.1, -0.05) is 0 Å². The Hall–Kier alpha value is -2.68. The fourth-order valence-electron chi connectivity index (χ4n) is 0.285. The molecule has 96 valence electrons. The van der Waals surface area contributed by atoms with Gasteiger partial charge in [-0.15, -0.1) is 0 Å². The Labute approximate surface area is 94.9 Å². The summed E-state index contributed by atoms with van der Waals surface area (Å²) in [5.41, 5.74) is 0. The van der Waals surface area contributed by atoms with E-state index in [2.05, 4.69) is 0 Å². The van der Waals surface area contributed by atoms with E-state index in [0.29, 0.717) is 24.3 Å². The van der Waals surface area contributed by atoms with E-state index in [9.17, 15) is 19.2 Å². The summed E-state index contributed by atoms with van der Waals surface area (Å²) in [5.74, 6) is -5.03. The smallest absolute Gasteiger partial charge is 0.328 e. The third-order valence-electron chi connectivity index (χ3n) is 0.737. The number of hydrogen-bond acceptors (Lipinski definition) is 5. The zero-order chi connectivity index (χ0) is 13.1. The molecule has 0 bridgehead atoms. The lowest BCUT2D eigenvalue weighted by Crippen LogP contribution is -1.91. The molecule has 9 heteroatoms. The summed E-state index contributed by atoms with van der Waals surface area (Å²) in [5, 5.41) is 31.2. The van der Waals surface area contributed by atoms with Crippen molar-refractivity contribution in [2.45, 2.75) is 0 Å². The van der Waals surface area contributed by atoms with Crippen LogP contribution in [0.2, 0.25) is 0 Å². The fraction of sp³-hybridized carbons (Fsp3) is 0.